The second-order valence-electron chi connectivity index (χ2n) is 7.78. The fraction of sp³-hybridized carbons (Fsp3) is 0.182. The summed E-state index contributed by atoms with van der Waals surface area (Å²) in [5.41, 5.74) is -0.218. The molecule has 35 heavy (non-hydrogen) atoms. The lowest BCUT2D eigenvalue weighted by molar-refractivity contribution is -0.384. The number of nitro groups is 1. The molecule has 180 valence electrons. The Balaban J connectivity index is 1.84. The Morgan fingerprint density at radius 3 is 2.43 bits per heavy atom. The first-order valence-electron chi connectivity index (χ1n) is 10.4. The third kappa shape index (κ3) is 4.80. The van der Waals surface area contributed by atoms with Gasteiger partial charge in [-0.2, -0.15) is 4.98 Å². The first-order chi connectivity index (χ1) is 16.7. The Bertz CT molecular complexity index is 1570. The summed E-state index contributed by atoms with van der Waals surface area (Å²) in [5.74, 6) is 0.0881. The number of benzene rings is 2. The molecule has 0 unspecified atom stereocenters. The number of non-ortho nitro benzene ring substituents is 1. The Morgan fingerprint density at radius 1 is 1.11 bits per heavy atom. The van der Waals surface area contributed by atoms with Gasteiger partial charge in [0.15, 0.2) is 11.2 Å². The molecule has 2 heterocycles. The molecule has 0 aliphatic heterocycles. The standard InChI is InChI=1S/C22H21N7O5S/c1-26(2)14-24-22-25-20-19(21(30)27(22)13-12-16-6-4-3-5-7-16)28(15-23-20)35(33,34)18-10-8-17(9-11-18)29(31)32/h3-11,14-15H,12-13H2,1-2H3/b24-14+. The van der Waals surface area contributed by atoms with Crippen LogP contribution in [-0.4, -0.2) is 57.2 Å². The number of fused-ring (bicyclic) bond motifs is 1. The van der Waals surface area contributed by atoms with Crippen molar-refractivity contribution in [1.29, 1.82) is 0 Å². The molecule has 0 spiro atoms. The second-order valence-corrected chi connectivity index (χ2v) is 9.60. The molecule has 0 saturated heterocycles. The maximum absolute atomic E-state index is 13.5. The number of aromatic nitrogens is 4. The highest BCUT2D eigenvalue weighted by atomic mass is 32.2. The van der Waals surface area contributed by atoms with Crippen molar-refractivity contribution in [3.63, 3.8) is 0 Å². The molecule has 0 saturated carbocycles. The zero-order valence-electron chi connectivity index (χ0n) is 18.8. The average molecular weight is 496 g/mol. The van der Waals surface area contributed by atoms with Crippen LogP contribution in [0.1, 0.15) is 5.56 Å². The van der Waals surface area contributed by atoms with Crippen molar-refractivity contribution in [3.8, 4) is 0 Å². The van der Waals surface area contributed by atoms with E-state index in [9.17, 15) is 23.3 Å². The highest BCUT2D eigenvalue weighted by Gasteiger charge is 2.25. The van der Waals surface area contributed by atoms with Crippen LogP contribution in [0.2, 0.25) is 0 Å². The predicted octanol–water partition coefficient (Wildman–Crippen LogP) is 2.20. The van der Waals surface area contributed by atoms with Gasteiger partial charge in [0.05, 0.1) is 16.2 Å². The van der Waals surface area contributed by atoms with Gasteiger partial charge in [-0.25, -0.2) is 22.4 Å². The van der Waals surface area contributed by atoms with Crippen molar-refractivity contribution in [3.05, 3.63) is 87.0 Å². The van der Waals surface area contributed by atoms with Crippen molar-refractivity contribution < 1.29 is 13.3 Å². The van der Waals surface area contributed by atoms with Crippen molar-refractivity contribution >= 4 is 39.2 Å². The molecule has 2 aromatic carbocycles. The van der Waals surface area contributed by atoms with Crippen LogP contribution in [0, 0.1) is 10.1 Å². The quantitative estimate of drug-likeness (QED) is 0.156. The van der Waals surface area contributed by atoms with Gasteiger partial charge >= 0.3 is 0 Å². The fourth-order valence-corrected chi connectivity index (χ4v) is 4.64. The molecule has 0 aliphatic rings. The maximum Gasteiger partial charge on any atom is 0.282 e. The van der Waals surface area contributed by atoms with Crippen LogP contribution in [0.25, 0.3) is 11.2 Å². The Kier molecular flexibility index (Phi) is 6.42. The molecule has 0 amide bonds. The molecule has 0 fully saturated rings. The first-order valence-corrected chi connectivity index (χ1v) is 11.8. The molecular formula is C22H21N7O5S. The molecule has 0 radical (unpaired) electrons. The zero-order chi connectivity index (χ0) is 25.2. The molecule has 4 rings (SSSR count). The van der Waals surface area contributed by atoms with Gasteiger partial charge in [-0.3, -0.25) is 19.5 Å². The normalized spacial score (nSPS) is 11.8. The van der Waals surface area contributed by atoms with Gasteiger partial charge in [-0.1, -0.05) is 30.3 Å². The Labute approximate surface area is 200 Å². The lowest BCUT2D eigenvalue weighted by Crippen LogP contribution is -2.26. The molecule has 0 N–H and O–H groups in total. The van der Waals surface area contributed by atoms with Gasteiger partial charge in [0.1, 0.15) is 6.33 Å². The Morgan fingerprint density at radius 2 is 1.80 bits per heavy atom. The van der Waals surface area contributed by atoms with Gasteiger partial charge in [-0.15, -0.1) is 0 Å². The smallest absolute Gasteiger partial charge is 0.282 e. The van der Waals surface area contributed by atoms with E-state index in [0.717, 1.165) is 40.1 Å². The molecule has 0 aliphatic carbocycles. The number of hydrogen-bond acceptors (Lipinski definition) is 8. The number of imidazole rings is 1. The molecule has 0 atom stereocenters. The van der Waals surface area contributed by atoms with E-state index < -0.39 is 20.5 Å². The number of aliphatic imine (C=N–C) groups is 1. The first kappa shape index (κ1) is 23.8. The van der Waals surface area contributed by atoms with Crippen LogP contribution in [-0.2, 0) is 23.0 Å². The van der Waals surface area contributed by atoms with E-state index >= 15 is 0 Å². The van der Waals surface area contributed by atoms with E-state index in [0.29, 0.717) is 6.42 Å². The molecule has 4 aromatic rings. The van der Waals surface area contributed by atoms with Crippen molar-refractivity contribution in [2.24, 2.45) is 4.99 Å². The number of rotatable bonds is 8. The molecule has 2 aromatic heterocycles. The summed E-state index contributed by atoms with van der Waals surface area (Å²) in [7, 11) is -0.750. The maximum atomic E-state index is 13.5. The molecule has 0 bridgehead atoms. The summed E-state index contributed by atoms with van der Waals surface area (Å²) in [5, 5.41) is 10.9. The summed E-state index contributed by atoms with van der Waals surface area (Å²) < 4.78 is 28.6. The summed E-state index contributed by atoms with van der Waals surface area (Å²) in [6.45, 7) is 0.203. The van der Waals surface area contributed by atoms with Gasteiger partial charge in [0.2, 0.25) is 5.95 Å². The minimum atomic E-state index is -4.28. The van der Waals surface area contributed by atoms with Crippen LogP contribution >= 0.6 is 0 Å². The third-order valence-corrected chi connectivity index (χ3v) is 6.75. The minimum Gasteiger partial charge on any atom is -0.369 e. The largest absolute Gasteiger partial charge is 0.369 e. The summed E-state index contributed by atoms with van der Waals surface area (Å²) in [6.07, 6.45) is 2.97. The van der Waals surface area contributed by atoms with Crippen molar-refractivity contribution in [2.75, 3.05) is 14.1 Å². The number of nitrogens with zero attached hydrogens (tertiary/aromatic N) is 7. The zero-order valence-corrected chi connectivity index (χ0v) is 19.7. The highest BCUT2D eigenvalue weighted by molar-refractivity contribution is 7.90. The van der Waals surface area contributed by atoms with Crippen LogP contribution in [0.5, 0.6) is 0 Å². The van der Waals surface area contributed by atoms with Crippen molar-refractivity contribution in [2.45, 2.75) is 17.9 Å². The number of aryl methyl sites for hydroxylation is 1. The van der Waals surface area contributed by atoms with E-state index in [2.05, 4.69) is 15.0 Å². The average Bonchev–Trinajstić information content (AvgIpc) is 3.28. The molecule has 12 nitrogen and oxygen atoms in total. The lowest BCUT2D eigenvalue weighted by Gasteiger charge is -2.11. The monoisotopic (exact) mass is 495 g/mol. The lowest BCUT2D eigenvalue weighted by atomic mass is 10.1. The number of nitro benzene ring substituents is 1. The van der Waals surface area contributed by atoms with Gasteiger partial charge in [0.25, 0.3) is 21.3 Å². The molecule has 13 heteroatoms. The van der Waals surface area contributed by atoms with Gasteiger partial charge < -0.3 is 4.90 Å². The van der Waals surface area contributed by atoms with Crippen LogP contribution in [0.15, 0.2) is 75.6 Å². The molecular weight excluding hydrogens is 474 g/mol. The van der Waals surface area contributed by atoms with Crippen LogP contribution in [0.3, 0.4) is 0 Å². The van der Waals surface area contributed by atoms with Crippen LogP contribution < -0.4 is 5.56 Å². The Hall–Kier alpha value is -4.39. The van der Waals surface area contributed by atoms with E-state index in [-0.39, 0.29) is 34.2 Å². The van der Waals surface area contributed by atoms with E-state index in [4.69, 9.17) is 0 Å². The second kappa shape index (κ2) is 9.46. The van der Waals surface area contributed by atoms with Crippen molar-refractivity contribution in [1.82, 2.24) is 23.4 Å². The SMILES string of the molecule is CN(C)/C=N/c1nc2ncn(S(=O)(=O)c3ccc([N+](=O)[O-])cc3)c2c(=O)n1CCc1ccccc1. The summed E-state index contributed by atoms with van der Waals surface area (Å²) >= 11 is 0. The predicted molar refractivity (Wildman–Crippen MR) is 129 cm³/mol. The van der Waals surface area contributed by atoms with E-state index in [1.807, 2.05) is 30.3 Å². The third-order valence-electron chi connectivity index (χ3n) is 5.09. The summed E-state index contributed by atoms with van der Waals surface area (Å²) in [4.78, 5) is 37.9. The highest BCUT2D eigenvalue weighted by Crippen LogP contribution is 2.22. The van der Waals surface area contributed by atoms with E-state index in [1.165, 1.54) is 10.9 Å². The van der Waals surface area contributed by atoms with Crippen LogP contribution in [0.4, 0.5) is 11.6 Å². The topological polar surface area (TPSA) is 146 Å². The van der Waals surface area contributed by atoms with Gasteiger partial charge in [0, 0.05) is 32.8 Å². The van der Waals surface area contributed by atoms with E-state index in [1.54, 1.807) is 19.0 Å². The minimum absolute atomic E-state index is 0.0812. The summed E-state index contributed by atoms with van der Waals surface area (Å²) in [6, 6.07) is 13.9. The number of hydrogen-bond donors (Lipinski definition) is 0. The fourth-order valence-electron chi connectivity index (χ4n) is 3.36. The van der Waals surface area contributed by atoms with Gasteiger partial charge in [-0.05, 0) is 24.1 Å².